The highest BCUT2D eigenvalue weighted by Crippen LogP contribution is 2.27. The largest absolute Gasteiger partial charge is 0.455 e. The number of esters is 1. The summed E-state index contributed by atoms with van der Waals surface area (Å²) in [7, 11) is 3.89. The number of anilines is 2. The summed E-state index contributed by atoms with van der Waals surface area (Å²) in [6.45, 7) is -0.0927. The van der Waals surface area contributed by atoms with Crippen molar-refractivity contribution in [2.24, 2.45) is 5.92 Å². The van der Waals surface area contributed by atoms with E-state index in [9.17, 15) is 18.8 Å². The molecule has 1 aliphatic rings. The van der Waals surface area contributed by atoms with Gasteiger partial charge in [-0.05, 0) is 29.8 Å². The second-order valence-electron chi connectivity index (χ2n) is 7.30. The first kappa shape index (κ1) is 21.3. The number of nitrogens with zero attached hydrogens (tertiary/aromatic N) is 2. The first-order valence-corrected chi connectivity index (χ1v) is 9.59. The monoisotopic (exact) mass is 413 g/mol. The smallest absolute Gasteiger partial charge is 0.311 e. The molecule has 2 aromatic rings. The van der Waals surface area contributed by atoms with Crippen LogP contribution in [0.4, 0.5) is 15.8 Å². The van der Waals surface area contributed by atoms with Crippen molar-refractivity contribution in [1.82, 2.24) is 5.32 Å². The number of amides is 2. The molecule has 2 amide bonds. The Morgan fingerprint density at radius 3 is 2.53 bits per heavy atom. The molecule has 1 fully saturated rings. The molecular weight excluding hydrogens is 389 g/mol. The van der Waals surface area contributed by atoms with Crippen molar-refractivity contribution in [3.8, 4) is 0 Å². The maximum atomic E-state index is 13.9. The van der Waals surface area contributed by atoms with Crippen LogP contribution >= 0.6 is 0 Å². The zero-order valence-corrected chi connectivity index (χ0v) is 16.9. The molecule has 158 valence electrons. The molecule has 1 aliphatic heterocycles. The average molecular weight is 413 g/mol. The van der Waals surface area contributed by atoms with E-state index >= 15 is 0 Å². The molecule has 8 heteroatoms. The van der Waals surface area contributed by atoms with Crippen LogP contribution in [0.15, 0.2) is 48.5 Å². The van der Waals surface area contributed by atoms with Crippen molar-refractivity contribution < 1.29 is 23.5 Å². The summed E-state index contributed by atoms with van der Waals surface area (Å²) in [4.78, 5) is 39.6. The Kier molecular flexibility index (Phi) is 6.66. The maximum absolute atomic E-state index is 13.9. The van der Waals surface area contributed by atoms with Crippen molar-refractivity contribution in [1.29, 1.82) is 0 Å². The summed E-state index contributed by atoms with van der Waals surface area (Å²) < 4.78 is 19.0. The quantitative estimate of drug-likeness (QED) is 0.704. The average Bonchev–Trinajstić information content (AvgIpc) is 3.12. The zero-order chi connectivity index (χ0) is 21.7. The van der Waals surface area contributed by atoms with Crippen LogP contribution in [0.25, 0.3) is 0 Å². The van der Waals surface area contributed by atoms with E-state index in [0.717, 1.165) is 11.3 Å². The van der Waals surface area contributed by atoms with Gasteiger partial charge in [-0.25, -0.2) is 4.39 Å². The minimum absolute atomic E-state index is 0.0262. The number of carbonyl (C=O) groups excluding carboxylic acids is 3. The number of rotatable bonds is 7. The second-order valence-corrected chi connectivity index (χ2v) is 7.30. The minimum atomic E-state index is -0.733. The number of benzene rings is 2. The predicted octanol–water partition coefficient (Wildman–Crippen LogP) is 2.10. The molecule has 1 heterocycles. The molecule has 0 aliphatic carbocycles. The van der Waals surface area contributed by atoms with Crippen LogP contribution in [0.3, 0.4) is 0 Å². The van der Waals surface area contributed by atoms with Crippen LogP contribution in [0, 0.1) is 11.7 Å². The van der Waals surface area contributed by atoms with Gasteiger partial charge in [0.05, 0.1) is 11.6 Å². The summed E-state index contributed by atoms with van der Waals surface area (Å²) in [6, 6.07) is 13.6. The highest BCUT2D eigenvalue weighted by atomic mass is 19.1. The molecule has 1 saturated heterocycles. The highest BCUT2D eigenvalue weighted by molar-refractivity contribution is 5.99. The molecule has 2 aromatic carbocycles. The SMILES string of the molecule is CN(C)c1ccc(CNC(=O)COC(=O)[C@@H]2CC(=O)N(c3ccccc3F)C2)cc1. The molecule has 1 atom stereocenters. The maximum Gasteiger partial charge on any atom is 0.311 e. The van der Waals surface area contributed by atoms with E-state index in [2.05, 4.69) is 5.32 Å². The van der Waals surface area contributed by atoms with Gasteiger partial charge < -0.3 is 19.9 Å². The molecule has 7 nitrogen and oxygen atoms in total. The molecule has 0 aromatic heterocycles. The Bertz CT molecular complexity index is 930. The summed E-state index contributed by atoms with van der Waals surface area (Å²) in [5.41, 5.74) is 2.10. The number of nitrogens with one attached hydrogen (secondary N) is 1. The van der Waals surface area contributed by atoms with E-state index in [-0.39, 0.29) is 24.6 Å². The number of hydrogen-bond donors (Lipinski definition) is 1. The molecular formula is C22H24FN3O4. The van der Waals surface area contributed by atoms with Crippen LogP contribution < -0.4 is 15.1 Å². The van der Waals surface area contributed by atoms with Gasteiger partial charge in [-0.15, -0.1) is 0 Å². The van der Waals surface area contributed by atoms with Gasteiger partial charge in [0.15, 0.2) is 6.61 Å². The van der Waals surface area contributed by atoms with Crippen LogP contribution in [-0.4, -0.2) is 45.0 Å². The fourth-order valence-corrected chi connectivity index (χ4v) is 3.19. The molecule has 0 unspecified atom stereocenters. The Balaban J connectivity index is 1.45. The molecule has 0 bridgehead atoms. The third kappa shape index (κ3) is 5.14. The van der Waals surface area contributed by atoms with Gasteiger partial charge in [0.2, 0.25) is 5.91 Å². The van der Waals surface area contributed by atoms with Gasteiger partial charge in [0, 0.05) is 39.3 Å². The number of para-hydroxylation sites is 1. The van der Waals surface area contributed by atoms with Crippen LogP contribution in [0.1, 0.15) is 12.0 Å². The van der Waals surface area contributed by atoms with Crippen LogP contribution in [-0.2, 0) is 25.7 Å². The molecule has 0 spiro atoms. The van der Waals surface area contributed by atoms with Crippen molar-refractivity contribution in [3.05, 3.63) is 59.9 Å². The number of ether oxygens (including phenoxy) is 1. The van der Waals surface area contributed by atoms with E-state index in [0.29, 0.717) is 6.54 Å². The van der Waals surface area contributed by atoms with Crippen molar-refractivity contribution in [3.63, 3.8) is 0 Å². The fraction of sp³-hybridized carbons (Fsp3) is 0.318. The minimum Gasteiger partial charge on any atom is -0.455 e. The predicted molar refractivity (Wildman–Crippen MR) is 110 cm³/mol. The standard InChI is InChI=1S/C22H24FN3O4/c1-25(2)17-9-7-15(8-10-17)12-24-20(27)14-30-22(29)16-11-21(28)26(13-16)19-6-4-3-5-18(19)23/h3-10,16H,11-14H2,1-2H3,(H,24,27)/t16-/m1/s1. The Hall–Kier alpha value is -3.42. The topological polar surface area (TPSA) is 79.0 Å². The van der Waals surface area contributed by atoms with Gasteiger partial charge >= 0.3 is 5.97 Å². The van der Waals surface area contributed by atoms with E-state index in [1.54, 1.807) is 6.07 Å². The molecule has 1 N–H and O–H groups in total. The fourth-order valence-electron chi connectivity index (χ4n) is 3.19. The number of carbonyl (C=O) groups is 3. The molecule has 3 rings (SSSR count). The lowest BCUT2D eigenvalue weighted by Crippen LogP contribution is -2.31. The lowest BCUT2D eigenvalue weighted by Gasteiger charge is -2.17. The summed E-state index contributed by atoms with van der Waals surface area (Å²) >= 11 is 0. The summed E-state index contributed by atoms with van der Waals surface area (Å²) in [6.07, 6.45) is -0.0764. The normalized spacial score (nSPS) is 15.8. The second kappa shape index (κ2) is 9.39. The highest BCUT2D eigenvalue weighted by Gasteiger charge is 2.37. The first-order valence-electron chi connectivity index (χ1n) is 9.59. The Labute approximate surface area is 174 Å². The van der Waals surface area contributed by atoms with Crippen LogP contribution in [0.2, 0.25) is 0 Å². The summed E-state index contributed by atoms with van der Waals surface area (Å²) in [5.74, 6) is -2.70. The Morgan fingerprint density at radius 1 is 1.17 bits per heavy atom. The number of halogens is 1. The third-order valence-corrected chi connectivity index (χ3v) is 4.89. The van der Waals surface area contributed by atoms with Gasteiger partial charge in [0.25, 0.3) is 5.91 Å². The zero-order valence-electron chi connectivity index (χ0n) is 16.9. The molecule has 0 radical (unpaired) electrons. The first-order chi connectivity index (χ1) is 14.3. The third-order valence-electron chi connectivity index (χ3n) is 4.89. The lowest BCUT2D eigenvalue weighted by atomic mass is 10.1. The molecule has 0 saturated carbocycles. The number of hydrogen-bond acceptors (Lipinski definition) is 5. The van der Waals surface area contributed by atoms with E-state index < -0.39 is 30.2 Å². The summed E-state index contributed by atoms with van der Waals surface area (Å²) in [5, 5.41) is 2.69. The van der Waals surface area contributed by atoms with Gasteiger partial charge in [-0.1, -0.05) is 24.3 Å². The van der Waals surface area contributed by atoms with Crippen molar-refractivity contribution in [2.45, 2.75) is 13.0 Å². The molecule has 30 heavy (non-hydrogen) atoms. The van der Waals surface area contributed by atoms with Gasteiger partial charge in [0.1, 0.15) is 5.82 Å². The van der Waals surface area contributed by atoms with Gasteiger partial charge in [-0.2, -0.15) is 0 Å². The van der Waals surface area contributed by atoms with E-state index in [1.165, 1.54) is 23.1 Å². The van der Waals surface area contributed by atoms with Crippen molar-refractivity contribution in [2.75, 3.05) is 37.0 Å². The lowest BCUT2D eigenvalue weighted by molar-refractivity contribution is -0.152. The van der Waals surface area contributed by atoms with Gasteiger partial charge in [-0.3, -0.25) is 14.4 Å². The van der Waals surface area contributed by atoms with E-state index in [4.69, 9.17) is 4.74 Å². The Morgan fingerprint density at radius 2 is 1.87 bits per heavy atom. The van der Waals surface area contributed by atoms with E-state index in [1.807, 2.05) is 43.3 Å². The van der Waals surface area contributed by atoms with Crippen molar-refractivity contribution >= 4 is 29.2 Å². The van der Waals surface area contributed by atoms with Crippen LogP contribution in [0.5, 0.6) is 0 Å².